The predicted molar refractivity (Wildman–Crippen MR) is 198 cm³/mol. The Hall–Kier alpha value is -2.64. The first-order valence-electron chi connectivity index (χ1n) is 16.6. The predicted octanol–water partition coefficient (Wildman–Crippen LogP) is 11.8. The molecule has 1 heteroatoms. The number of allylic oxidation sites excluding steroid dienone is 4. The minimum Gasteiger partial charge on any atom is -0.0695 e. The van der Waals surface area contributed by atoms with Gasteiger partial charge in [-0.2, -0.15) is 0 Å². The van der Waals surface area contributed by atoms with Crippen molar-refractivity contribution in [1.29, 1.82) is 0 Å². The Morgan fingerprint density at radius 3 is 1.30 bits per heavy atom. The van der Waals surface area contributed by atoms with Crippen LogP contribution < -0.4 is 5.19 Å². The lowest BCUT2D eigenvalue weighted by atomic mass is 9.77. The van der Waals surface area contributed by atoms with E-state index in [1.54, 1.807) is 5.20 Å². The molecule has 3 aromatic carbocycles. The van der Waals surface area contributed by atoms with Crippen LogP contribution in [0.3, 0.4) is 0 Å². The van der Waals surface area contributed by atoms with Crippen LogP contribution >= 0.6 is 0 Å². The maximum Gasteiger partial charge on any atom is 0.117 e. The lowest BCUT2D eigenvalue weighted by Crippen LogP contribution is -2.24. The van der Waals surface area contributed by atoms with Crippen molar-refractivity contribution in [2.45, 2.75) is 132 Å². The fourth-order valence-electron chi connectivity index (χ4n) is 6.21. The number of hydrogen-bond acceptors (Lipinski definition) is 0. The van der Waals surface area contributed by atoms with Gasteiger partial charge in [-0.05, 0) is 98.4 Å². The molecule has 0 N–H and O–H groups in total. The molecule has 1 aliphatic carbocycles. The summed E-state index contributed by atoms with van der Waals surface area (Å²) < 4.78 is 0. The monoisotopic (exact) mass is 602 g/mol. The van der Waals surface area contributed by atoms with Gasteiger partial charge in [-0.3, -0.25) is 0 Å². The number of benzene rings is 3. The zero-order valence-corrected chi connectivity index (χ0v) is 31.8. The van der Waals surface area contributed by atoms with Crippen molar-refractivity contribution in [2.75, 3.05) is 0 Å². The smallest absolute Gasteiger partial charge is 0.0695 e. The molecule has 1 unspecified atom stereocenters. The lowest BCUT2D eigenvalue weighted by Gasteiger charge is -2.29. The first kappa shape index (κ1) is 34.2. The average Bonchev–Trinajstić information content (AvgIpc) is 3.08. The second-order valence-corrected chi connectivity index (χ2v) is 18.8. The minimum absolute atomic E-state index is 0.0518. The highest BCUT2D eigenvalue weighted by Gasteiger charge is 2.28. The second-order valence-electron chi connectivity index (χ2n) is 17.5. The highest BCUT2D eigenvalue weighted by atomic mass is 28.2. The second kappa shape index (κ2) is 11.6. The summed E-state index contributed by atoms with van der Waals surface area (Å²) in [5.41, 5.74) is 15.8. The van der Waals surface area contributed by atoms with Crippen molar-refractivity contribution < 1.29 is 0 Å². The Kier molecular flexibility index (Phi) is 9.04. The van der Waals surface area contributed by atoms with E-state index in [0.29, 0.717) is 15.4 Å². The molecule has 0 aliphatic heterocycles. The summed E-state index contributed by atoms with van der Waals surface area (Å²) in [4.78, 5) is 0. The van der Waals surface area contributed by atoms with Crippen LogP contribution in [0.4, 0.5) is 0 Å². The van der Waals surface area contributed by atoms with Gasteiger partial charge in [0.25, 0.3) is 0 Å². The zero-order valence-electron chi connectivity index (χ0n) is 30.8. The molecule has 44 heavy (non-hydrogen) atoms. The average molecular weight is 603 g/mol. The zero-order chi connectivity index (χ0) is 33.2. The fourth-order valence-corrected chi connectivity index (χ4v) is 7.89. The molecule has 234 valence electrons. The van der Waals surface area contributed by atoms with Crippen LogP contribution in [0.1, 0.15) is 133 Å². The minimum atomic E-state index is 0.0518. The topological polar surface area (TPSA) is 0 Å². The molecule has 0 saturated carbocycles. The third-order valence-corrected chi connectivity index (χ3v) is 11.7. The number of rotatable bonds is 4. The molecule has 0 heterocycles. The Morgan fingerprint density at radius 2 is 0.932 bits per heavy atom. The SMILES string of the molecule is CC1=C(C)C(C)C([Si]c2cccc(-c3cc(C(C)(C)C)cc(C(C)(C)C)c3)c2-c2cc(C(C)(C)C)cc(C(C)(C)C)c2)=C1C. The Morgan fingerprint density at radius 1 is 0.523 bits per heavy atom. The van der Waals surface area contributed by atoms with Gasteiger partial charge < -0.3 is 0 Å². The molecule has 3 aromatic rings. The van der Waals surface area contributed by atoms with Gasteiger partial charge in [0.1, 0.15) is 9.52 Å². The van der Waals surface area contributed by atoms with E-state index in [2.05, 4.69) is 165 Å². The highest BCUT2D eigenvalue weighted by Crippen LogP contribution is 2.41. The standard InChI is InChI=1S/C43H58Si/c1-26-27(2)29(4)39(28(26)3)44-37-19-17-18-36(30-20-32(40(5,6)7)24-33(21-30)41(8,9)10)38(37)31-22-34(42(11,12)13)25-35(23-31)43(14,15)16/h17-25,28H,1-16H3. The van der Waals surface area contributed by atoms with E-state index < -0.39 is 0 Å². The van der Waals surface area contributed by atoms with Crippen LogP contribution in [0.25, 0.3) is 22.3 Å². The molecule has 0 saturated heterocycles. The van der Waals surface area contributed by atoms with Gasteiger partial charge in [-0.25, -0.2) is 0 Å². The molecule has 0 bridgehead atoms. The van der Waals surface area contributed by atoms with Crippen molar-refractivity contribution in [2.24, 2.45) is 5.92 Å². The molecular weight excluding hydrogens is 545 g/mol. The Bertz CT molecular complexity index is 1560. The Balaban J connectivity index is 2.12. The van der Waals surface area contributed by atoms with Crippen molar-refractivity contribution in [3.8, 4) is 22.3 Å². The van der Waals surface area contributed by atoms with E-state index in [1.807, 2.05) is 0 Å². The molecular formula is C43H58Si. The van der Waals surface area contributed by atoms with E-state index in [4.69, 9.17) is 0 Å². The van der Waals surface area contributed by atoms with Crippen LogP contribution in [0.2, 0.25) is 0 Å². The summed E-state index contributed by atoms with van der Waals surface area (Å²) in [6.07, 6.45) is 0. The van der Waals surface area contributed by atoms with Gasteiger partial charge >= 0.3 is 0 Å². The van der Waals surface area contributed by atoms with Gasteiger partial charge in [0.2, 0.25) is 0 Å². The third-order valence-electron chi connectivity index (χ3n) is 9.90. The van der Waals surface area contributed by atoms with E-state index in [1.165, 1.54) is 66.4 Å². The van der Waals surface area contributed by atoms with E-state index in [0.717, 1.165) is 0 Å². The lowest BCUT2D eigenvalue weighted by molar-refractivity contribution is 0.568. The molecule has 1 aliphatic rings. The first-order valence-corrected chi connectivity index (χ1v) is 17.6. The first-order chi connectivity index (χ1) is 20.0. The largest absolute Gasteiger partial charge is 0.117 e. The normalized spacial score (nSPS) is 16.8. The third kappa shape index (κ3) is 6.94. The van der Waals surface area contributed by atoms with E-state index >= 15 is 0 Å². The maximum atomic E-state index is 2.49. The highest BCUT2D eigenvalue weighted by molar-refractivity contribution is 6.63. The molecule has 1 atom stereocenters. The molecule has 0 fully saturated rings. The van der Waals surface area contributed by atoms with Crippen LogP contribution in [0, 0.1) is 5.92 Å². The van der Waals surface area contributed by atoms with E-state index in [-0.39, 0.29) is 21.7 Å². The molecule has 2 radical (unpaired) electrons. The van der Waals surface area contributed by atoms with E-state index in [9.17, 15) is 0 Å². The van der Waals surface area contributed by atoms with Crippen molar-refractivity contribution in [3.05, 3.63) is 98.8 Å². The fraction of sp³-hybridized carbons (Fsp3) is 0.488. The molecule has 4 rings (SSSR count). The van der Waals surface area contributed by atoms with Gasteiger partial charge in [-0.1, -0.05) is 166 Å². The molecule has 0 spiro atoms. The number of hydrogen-bond donors (Lipinski definition) is 0. The van der Waals surface area contributed by atoms with Gasteiger partial charge in [0, 0.05) is 0 Å². The van der Waals surface area contributed by atoms with Crippen molar-refractivity contribution in [1.82, 2.24) is 0 Å². The summed E-state index contributed by atoms with van der Waals surface area (Å²) >= 11 is 0. The van der Waals surface area contributed by atoms with Crippen molar-refractivity contribution in [3.63, 3.8) is 0 Å². The summed E-state index contributed by atoms with van der Waals surface area (Å²) in [6, 6.07) is 21.9. The van der Waals surface area contributed by atoms with Crippen LogP contribution in [0.15, 0.2) is 76.5 Å². The van der Waals surface area contributed by atoms with Gasteiger partial charge in [-0.15, -0.1) is 0 Å². The van der Waals surface area contributed by atoms with Crippen LogP contribution in [0.5, 0.6) is 0 Å². The Labute approximate surface area is 273 Å². The molecule has 0 amide bonds. The summed E-state index contributed by atoms with van der Waals surface area (Å²) in [6.45, 7) is 37.5. The molecule has 0 aromatic heterocycles. The maximum absolute atomic E-state index is 2.49. The quantitative estimate of drug-likeness (QED) is 0.261. The summed E-state index contributed by atoms with van der Waals surface area (Å²) in [5.74, 6) is 0.493. The van der Waals surface area contributed by atoms with Gasteiger partial charge in [0.05, 0.1) is 0 Å². The summed E-state index contributed by atoms with van der Waals surface area (Å²) in [7, 11) is 0.634. The van der Waals surface area contributed by atoms with Crippen LogP contribution in [-0.4, -0.2) is 9.52 Å². The van der Waals surface area contributed by atoms with Gasteiger partial charge in [0.15, 0.2) is 0 Å². The van der Waals surface area contributed by atoms with Crippen molar-refractivity contribution >= 4 is 14.7 Å². The molecule has 0 nitrogen and oxygen atoms in total. The summed E-state index contributed by atoms with van der Waals surface area (Å²) in [5, 5.41) is 3.05. The van der Waals surface area contributed by atoms with Crippen LogP contribution in [-0.2, 0) is 21.7 Å².